The maximum Gasteiger partial charge on any atom is 0.337 e. The minimum absolute atomic E-state index is 0.0645. The Labute approximate surface area is 125 Å². The van der Waals surface area contributed by atoms with Gasteiger partial charge in [-0.1, -0.05) is 13.8 Å². The van der Waals surface area contributed by atoms with Crippen LogP contribution in [0.3, 0.4) is 0 Å². The molecule has 0 aromatic carbocycles. The molecule has 4 atom stereocenters. The van der Waals surface area contributed by atoms with Crippen molar-refractivity contribution < 1.29 is 18.4 Å². The van der Waals surface area contributed by atoms with Crippen molar-refractivity contribution in [2.75, 3.05) is 0 Å². The fourth-order valence-electron chi connectivity index (χ4n) is 2.47. The van der Waals surface area contributed by atoms with Crippen molar-refractivity contribution in [1.82, 2.24) is 0 Å². The third-order valence-electron chi connectivity index (χ3n) is 3.28. The average molecular weight is 319 g/mol. The minimum Gasteiger partial charge on any atom is -0.460 e. The van der Waals surface area contributed by atoms with E-state index in [1.165, 1.54) is 0 Å². The maximum atomic E-state index is 12.3. The summed E-state index contributed by atoms with van der Waals surface area (Å²) >= 11 is 0. The molecule has 0 amide bonds. The van der Waals surface area contributed by atoms with E-state index in [0.29, 0.717) is 0 Å². The van der Waals surface area contributed by atoms with E-state index in [-0.39, 0.29) is 24.1 Å². The standard InChI is InChI=1S/C14H30O4Si2/c1-9-11-10(2)12(17-19(3,4)5)13(14(15)16-11)18-20(6,7)8/h10-13H,9H2,1-8H3/t10-,11-,12+,13-/m1/s1. The summed E-state index contributed by atoms with van der Waals surface area (Å²) in [5.74, 6) is -0.0774. The van der Waals surface area contributed by atoms with E-state index >= 15 is 0 Å². The SMILES string of the molecule is CC[C@H]1OC(=O)[C@H](O[Si](C)(C)C)[C@@H](O[Si](C)(C)C)[C@@H]1C. The number of cyclic esters (lactones) is 1. The van der Waals surface area contributed by atoms with E-state index in [2.05, 4.69) is 46.2 Å². The summed E-state index contributed by atoms with van der Waals surface area (Å²) in [6.45, 7) is 16.8. The molecule has 0 saturated carbocycles. The third kappa shape index (κ3) is 4.98. The molecule has 1 fully saturated rings. The van der Waals surface area contributed by atoms with Crippen LogP contribution in [0.5, 0.6) is 0 Å². The second kappa shape index (κ2) is 6.29. The average Bonchev–Trinajstić information content (AvgIpc) is 2.25. The monoisotopic (exact) mass is 318 g/mol. The van der Waals surface area contributed by atoms with Crippen LogP contribution in [-0.4, -0.2) is 40.9 Å². The second-order valence-electron chi connectivity index (χ2n) is 7.59. The van der Waals surface area contributed by atoms with Gasteiger partial charge in [0.2, 0.25) is 0 Å². The molecule has 0 unspecified atom stereocenters. The summed E-state index contributed by atoms with van der Waals surface area (Å²) in [6.07, 6.45) is 0.00844. The molecule has 0 bridgehead atoms. The van der Waals surface area contributed by atoms with E-state index in [0.717, 1.165) is 6.42 Å². The predicted molar refractivity (Wildman–Crippen MR) is 85.8 cm³/mol. The highest BCUT2D eigenvalue weighted by molar-refractivity contribution is 6.70. The van der Waals surface area contributed by atoms with Gasteiger partial charge in [0.05, 0.1) is 6.10 Å². The van der Waals surface area contributed by atoms with Gasteiger partial charge in [0.1, 0.15) is 6.10 Å². The van der Waals surface area contributed by atoms with E-state index in [9.17, 15) is 4.79 Å². The van der Waals surface area contributed by atoms with Gasteiger partial charge in [0, 0.05) is 5.92 Å². The maximum absolute atomic E-state index is 12.3. The van der Waals surface area contributed by atoms with Gasteiger partial charge in [0.15, 0.2) is 22.7 Å². The molecule has 1 aliphatic heterocycles. The van der Waals surface area contributed by atoms with Gasteiger partial charge in [-0.05, 0) is 45.7 Å². The molecule has 1 aliphatic rings. The smallest absolute Gasteiger partial charge is 0.337 e. The Bertz CT molecular complexity index is 346. The summed E-state index contributed by atoms with van der Waals surface area (Å²) in [5.41, 5.74) is 0. The van der Waals surface area contributed by atoms with Crippen LogP contribution < -0.4 is 0 Å². The lowest BCUT2D eigenvalue weighted by Gasteiger charge is -2.44. The van der Waals surface area contributed by atoms with Gasteiger partial charge in [0.25, 0.3) is 0 Å². The van der Waals surface area contributed by atoms with Crippen LogP contribution in [0.2, 0.25) is 39.3 Å². The van der Waals surface area contributed by atoms with Crippen molar-refractivity contribution in [1.29, 1.82) is 0 Å². The quantitative estimate of drug-likeness (QED) is 0.576. The number of carbonyl (C=O) groups excluding carboxylic acids is 1. The highest BCUT2D eigenvalue weighted by atomic mass is 28.4. The molecule has 118 valence electrons. The first-order valence-electron chi connectivity index (χ1n) is 7.50. The third-order valence-corrected chi connectivity index (χ3v) is 5.22. The number of hydrogen-bond acceptors (Lipinski definition) is 4. The van der Waals surface area contributed by atoms with Crippen LogP contribution in [0.1, 0.15) is 20.3 Å². The molecule has 0 aromatic heterocycles. The molecular formula is C14H30O4Si2. The van der Waals surface area contributed by atoms with Gasteiger partial charge in [-0.15, -0.1) is 0 Å². The first-order chi connectivity index (χ1) is 8.94. The summed E-state index contributed by atoms with van der Waals surface area (Å²) in [6, 6.07) is 0. The number of carbonyl (C=O) groups is 1. The fourth-order valence-corrected chi connectivity index (χ4v) is 4.62. The molecule has 0 N–H and O–H groups in total. The van der Waals surface area contributed by atoms with Crippen LogP contribution in [0.15, 0.2) is 0 Å². The zero-order valence-corrected chi connectivity index (χ0v) is 16.1. The van der Waals surface area contributed by atoms with Crippen LogP contribution in [0, 0.1) is 5.92 Å². The summed E-state index contributed by atoms with van der Waals surface area (Å²) in [4.78, 5) is 12.3. The Kier molecular flexibility index (Phi) is 5.63. The Hall–Kier alpha value is -0.176. The van der Waals surface area contributed by atoms with Crippen LogP contribution >= 0.6 is 0 Å². The molecule has 20 heavy (non-hydrogen) atoms. The Morgan fingerprint density at radius 1 is 1.05 bits per heavy atom. The Morgan fingerprint density at radius 2 is 1.55 bits per heavy atom. The number of ether oxygens (including phenoxy) is 1. The fraction of sp³-hybridized carbons (Fsp3) is 0.929. The molecule has 6 heteroatoms. The van der Waals surface area contributed by atoms with Crippen molar-refractivity contribution in [3.8, 4) is 0 Å². The topological polar surface area (TPSA) is 44.8 Å². The Morgan fingerprint density at radius 3 is 1.95 bits per heavy atom. The second-order valence-corrected chi connectivity index (χ2v) is 16.5. The van der Waals surface area contributed by atoms with Gasteiger partial charge in [-0.2, -0.15) is 0 Å². The van der Waals surface area contributed by atoms with E-state index < -0.39 is 22.7 Å². The number of rotatable bonds is 5. The largest absolute Gasteiger partial charge is 0.460 e. The normalized spacial score (nSPS) is 32.1. The molecule has 1 rings (SSSR count). The van der Waals surface area contributed by atoms with E-state index in [1.807, 2.05) is 6.92 Å². The summed E-state index contributed by atoms with van der Waals surface area (Å²) < 4.78 is 17.9. The van der Waals surface area contributed by atoms with Gasteiger partial charge < -0.3 is 13.6 Å². The molecule has 0 aliphatic carbocycles. The van der Waals surface area contributed by atoms with E-state index in [1.54, 1.807) is 0 Å². The van der Waals surface area contributed by atoms with Gasteiger partial charge >= 0.3 is 5.97 Å². The molecule has 1 heterocycles. The molecular weight excluding hydrogens is 288 g/mol. The van der Waals surface area contributed by atoms with Crippen LogP contribution in [-0.2, 0) is 18.4 Å². The zero-order chi connectivity index (χ0) is 15.7. The molecule has 4 nitrogen and oxygen atoms in total. The highest BCUT2D eigenvalue weighted by Gasteiger charge is 2.47. The van der Waals surface area contributed by atoms with Crippen molar-refractivity contribution in [3.63, 3.8) is 0 Å². The van der Waals surface area contributed by atoms with Gasteiger partial charge in [-0.25, -0.2) is 4.79 Å². The Balaban J connectivity index is 3.00. The minimum atomic E-state index is -1.83. The lowest BCUT2D eigenvalue weighted by molar-refractivity contribution is -0.185. The summed E-state index contributed by atoms with van der Waals surface area (Å²) in [5, 5.41) is 0. The molecule has 1 saturated heterocycles. The first kappa shape index (κ1) is 17.9. The molecule has 0 aromatic rings. The van der Waals surface area contributed by atoms with Crippen molar-refractivity contribution in [3.05, 3.63) is 0 Å². The van der Waals surface area contributed by atoms with Crippen LogP contribution in [0.25, 0.3) is 0 Å². The van der Waals surface area contributed by atoms with Crippen LogP contribution in [0.4, 0.5) is 0 Å². The number of esters is 1. The zero-order valence-electron chi connectivity index (χ0n) is 14.1. The lowest BCUT2D eigenvalue weighted by Crippen LogP contribution is -2.58. The van der Waals surface area contributed by atoms with Crippen molar-refractivity contribution in [2.45, 2.75) is 77.9 Å². The van der Waals surface area contributed by atoms with Crippen molar-refractivity contribution in [2.24, 2.45) is 5.92 Å². The first-order valence-corrected chi connectivity index (χ1v) is 14.3. The predicted octanol–water partition coefficient (Wildman–Crippen LogP) is 3.40. The molecule has 0 spiro atoms. The lowest BCUT2D eigenvalue weighted by atomic mass is 9.90. The summed E-state index contributed by atoms with van der Waals surface area (Å²) in [7, 11) is -3.58. The molecule has 0 radical (unpaired) electrons. The number of hydrogen-bond donors (Lipinski definition) is 0. The van der Waals surface area contributed by atoms with Crippen molar-refractivity contribution >= 4 is 22.6 Å². The van der Waals surface area contributed by atoms with Gasteiger partial charge in [-0.3, -0.25) is 0 Å². The van der Waals surface area contributed by atoms with E-state index in [4.69, 9.17) is 13.6 Å². The highest BCUT2D eigenvalue weighted by Crippen LogP contribution is 2.32.